The zero-order valence-electron chi connectivity index (χ0n) is 13.2. The lowest BCUT2D eigenvalue weighted by Crippen LogP contribution is -2.40. The third-order valence-corrected chi connectivity index (χ3v) is 4.65. The van der Waals surface area contributed by atoms with E-state index in [2.05, 4.69) is 10.3 Å². The molecule has 6 heteroatoms. The van der Waals surface area contributed by atoms with Crippen molar-refractivity contribution < 1.29 is 4.79 Å². The molecule has 1 aromatic heterocycles. The van der Waals surface area contributed by atoms with Crippen molar-refractivity contribution in [2.75, 3.05) is 11.9 Å². The molecule has 0 bridgehead atoms. The Balaban J connectivity index is 0.00000132. The van der Waals surface area contributed by atoms with Crippen molar-refractivity contribution in [3.63, 3.8) is 0 Å². The minimum absolute atomic E-state index is 0. The van der Waals surface area contributed by atoms with Crippen LogP contribution < -0.4 is 11.1 Å². The van der Waals surface area contributed by atoms with E-state index in [0.717, 1.165) is 47.8 Å². The lowest BCUT2D eigenvalue weighted by molar-refractivity contribution is -0.124. The van der Waals surface area contributed by atoms with Gasteiger partial charge in [-0.05, 0) is 43.5 Å². The molecule has 1 aliphatic rings. The molecule has 0 atom stereocenters. The molecule has 0 saturated heterocycles. The predicted molar refractivity (Wildman–Crippen MR) is 99.6 cm³/mol. The van der Waals surface area contributed by atoms with Gasteiger partial charge in [-0.25, -0.2) is 0 Å². The standard InChI is InChI=1S/C17H21N3O.2ClH/c1-12-6-7-14(13-5-4-10-19-15(12)13)20-16(21)17(11-18)8-2-3-9-17;;/h4-7,10H,2-3,8-9,11,18H2,1H3,(H,20,21);2*1H. The van der Waals surface area contributed by atoms with E-state index < -0.39 is 0 Å². The highest BCUT2D eigenvalue weighted by Gasteiger charge is 2.39. The second-order valence-corrected chi connectivity index (χ2v) is 5.98. The first kappa shape index (κ1) is 19.7. The average Bonchev–Trinajstić information content (AvgIpc) is 3.00. The number of rotatable bonds is 3. The summed E-state index contributed by atoms with van der Waals surface area (Å²) in [5, 5.41) is 4.07. The zero-order chi connectivity index (χ0) is 14.9. The van der Waals surface area contributed by atoms with Crippen molar-refractivity contribution in [1.29, 1.82) is 0 Å². The van der Waals surface area contributed by atoms with E-state index in [1.54, 1.807) is 6.20 Å². The minimum atomic E-state index is -0.389. The fourth-order valence-corrected chi connectivity index (χ4v) is 3.25. The van der Waals surface area contributed by atoms with E-state index in [1.165, 1.54) is 0 Å². The van der Waals surface area contributed by atoms with Crippen LogP contribution in [0.15, 0.2) is 30.5 Å². The molecule has 1 saturated carbocycles. The van der Waals surface area contributed by atoms with E-state index >= 15 is 0 Å². The Morgan fingerprint density at radius 2 is 1.96 bits per heavy atom. The van der Waals surface area contributed by atoms with Crippen molar-refractivity contribution in [3.8, 4) is 0 Å². The van der Waals surface area contributed by atoms with Gasteiger partial charge in [0.15, 0.2) is 0 Å². The molecule has 2 aromatic rings. The van der Waals surface area contributed by atoms with Gasteiger partial charge in [0.05, 0.1) is 16.6 Å². The fraction of sp³-hybridized carbons (Fsp3) is 0.412. The number of anilines is 1. The second-order valence-electron chi connectivity index (χ2n) is 5.98. The van der Waals surface area contributed by atoms with Crippen molar-refractivity contribution in [1.82, 2.24) is 4.98 Å². The smallest absolute Gasteiger partial charge is 0.231 e. The number of aryl methyl sites for hydroxylation is 1. The maximum Gasteiger partial charge on any atom is 0.231 e. The van der Waals surface area contributed by atoms with Crippen LogP contribution in [0.4, 0.5) is 5.69 Å². The SMILES string of the molecule is Cc1ccc(NC(=O)C2(CN)CCCC2)c2cccnc12.Cl.Cl. The lowest BCUT2D eigenvalue weighted by atomic mass is 9.85. The summed E-state index contributed by atoms with van der Waals surface area (Å²) in [4.78, 5) is 17.1. The number of pyridine rings is 1. The Kier molecular flexibility index (Phi) is 6.81. The highest BCUT2D eigenvalue weighted by Crippen LogP contribution is 2.38. The van der Waals surface area contributed by atoms with Crippen LogP contribution in [0.3, 0.4) is 0 Å². The molecule has 0 radical (unpaired) electrons. The third-order valence-electron chi connectivity index (χ3n) is 4.65. The molecule has 3 N–H and O–H groups in total. The Morgan fingerprint density at radius 3 is 2.61 bits per heavy atom. The van der Waals surface area contributed by atoms with Crippen LogP contribution in [0, 0.1) is 12.3 Å². The topological polar surface area (TPSA) is 68.0 Å². The Labute approximate surface area is 149 Å². The monoisotopic (exact) mass is 355 g/mol. The number of hydrogen-bond donors (Lipinski definition) is 2. The number of hydrogen-bond acceptors (Lipinski definition) is 3. The van der Waals surface area contributed by atoms with Gasteiger partial charge in [-0.2, -0.15) is 0 Å². The molecule has 1 heterocycles. The highest BCUT2D eigenvalue weighted by molar-refractivity contribution is 6.04. The molecule has 0 spiro atoms. The molecule has 0 aliphatic heterocycles. The van der Waals surface area contributed by atoms with E-state index in [0.29, 0.717) is 6.54 Å². The number of benzene rings is 1. The van der Waals surface area contributed by atoms with Crippen LogP contribution in [0.5, 0.6) is 0 Å². The number of nitrogens with one attached hydrogen (secondary N) is 1. The average molecular weight is 356 g/mol. The van der Waals surface area contributed by atoms with Crippen LogP contribution in [0.25, 0.3) is 10.9 Å². The molecule has 0 unspecified atom stereocenters. The number of fused-ring (bicyclic) bond motifs is 1. The number of halogens is 2. The number of carbonyl (C=O) groups excluding carboxylic acids is 1. The first-order valence-electron chi connectivity index (χ1n) is 7.52. The van der Waals surface area contributed by atoms with Gasteiger partial charge in [0.25, 0.3) is 0 Å². The number of nitrogens with two attached hydrogens (primary N) is 1. The zero-order valence-corrected chi connectivity index (χ0v) is 14.8. The van der Waals surface area contributed by atoms with Crippen molar-refractivity contribution >= 4 is 47.3 Å². The van der Waals surface area contributed by atoms with Crippen molar-refractivity contribution in [3.05, 3.63) is 36.0 Å². The summed E-state index contributed by atoms with van der Waals surface area (Å²) in [5.41, 5.74) is 8.37. The van der Waals surface area contributed by atoms with Crippen LogP contribution in [0.1, 0.15) is 31.2 Å². The van der Waals surface area contributed by atoms with Crippen LogP contribution >= 0.6 is 24.8 Å². The molecule has 1 aliphatic carbocycles. The molecule has 126 valence electrons. The van der Waals surface area contributed by atoms with E-state index in [1.807, 2.05) is 31.2 Å². The van der Waals surface area contributed by atoms with Gasteiger partial charge in [0.1, 0.15) is 0 Å². The predicted octanol–water partition coefficient (Wildman–Crippen LogP) is 3.84. The van der Waals surface area contributed by atoms with Crippen molar-refractivity contribution in [2.45, 2.75) is 32.6 Å². The lowest BCUT2D eigenvalue weighted by Gasteiger charge is -2.26. The number of carbonyl (C=O) groups is 1. The Morgan fingerprint density at radius 1 is 1.26 bits per heavy atom. The number of amides is 1. The van der Waals surface area contributed by atoms with Crippen LogP contribution in [-0.4, -0.2) is 17.4 Å². The first-order chi connectivity index (χ1) is 10.2. The van der Waals surface area contributed by atoms with Gasteiger partial charge < -0.3 is 11.1 Å². The molecule has 3 rings (SSSR count). The fourth-order valence-electron chi connectivity index (χ4n) is 3.25. The quantitative estimate of drug-likeness (QED) is 0.878. The largest absolute Gasteiger partial charge is 0.329 e. The third kappa shape index (κ3) is 3.60. The molecular formula is C17H23Cl2N3O. The first-order valence-corrected chi connectivity index (χ1v) is 7.52. The summed E-state index contributed by atoms with van der Waals surface area (Å²) in [6.45, 7) is 2.44. The van der Waals surface area contributed by atoms with Gasteiger partial charge in [0, 0.05) is 18.1 Å². The van der Waals surface area contributed by atoms with Gasteiger partial charge in [-0.3, -0.25) is 9.78 Å². The normalized spacial score (nSPS) is 15.6. The van der Waals surface area contributed by atoms with Gasteiger partial charge in [-0.1, -0.05) is 18.9 Å². The summed E-state index contributed by atoms with van der Waals surface area (Å²) in [6, 6.07) is 7.84. The van der Waals surface area contributed by atoms with Gasteiger partial charge in [0.2, 0.25) is 5.91 Å². The highest BCUT2D eigenvalue weighted by atomic mass is 35.5. The second kappa shape index (κ2) is 7.95. The molecule has 1 fully saturated rings. The Hall–Kier alpha value is -1.36. The summed E-state index contributed by atoms with van der Waals surface area (Å²) in [5.74, 6) is 0.0523. The van der Waals surface area contributed by atoms with Crippen molar-refractivity contribution in [2.24, 2.45) is 11.1 Å². The van der Waals surface area contributed by atoms with Crippen LogP contribution in [0.2, 0.25) is 0 Å². The minimum Gasteiger partial charge on any atom is -0.329 e. The summed E-state index contributed by atoms with van der Waals surface area (Å²) >= 11 is 0. The summed E-state index contributed by atoms with van der Waals surface area (Å²) in [7, 11) is 0. The van der Waals surface area contributed by atoms with Gasteiger partial charge in [-0.15, -0.1) is 24.8 Å². The molecule has 23 heavy (non-hydrogen) atoms. The van der Waals surface area contributed by atoms with E-state index in [9.17, 15) is 4.79 Å². The molecule has 4 nitrogen and oxygen atoms in total. The molecule has 1 amide bonds. The maximum absolute atomic E-state index is 12.7. The van der Waals surface area contributed by atoms with Gasteiger partial charge >= 0.3 is 0 Å². The number of aromatic nitrogens is 1. The van der Waals surface area contributed by atoms with E-state index in [-0.39, 0.29) is 36.1 Å². The maximum atomic E-state index is 12.7. The molecule has 1 aromatic carbocycles. The Bertz CT molecular complexity index is 685. The number of nitrogens with zero attached hydrogens (tertiary/aromatic N) is 1. The summed E-state index contributed by atoms with van der Waals surface area (Å²) < 4.78 is 0. The van der Waals surface area contributed by atoms with E-state index in [4.69, 9.17) is 5.73 Å². The molecular weight excluding hydrogens is 333 g/mol. The van der Waals surface area contributed by atoms with Crippen LogP contribution in [-0.2, 0) is 4.79 Å². The summed E-state index contributed by atoms with van der Waals surface area (Å²) in [6.07, 6.45) is 5.72.